The smallest absolute Gasteiger partial charge is 0.0807 e. The predicted molar refractivity (Wildman–Crippen MR) is 62.4 cm³/mol. The average Bonchev–Trinajstić information content (AvgIpc) is 2.78. The Morgan fingerprint density at radius 1 is 1.44 bits per heavy atom. The zero-order valence-electron chi connectivity index (χ0n) is 9.93. The summed E-state index contributed by atoms with van der Waals surface area (Å²) in [4.78, 5) is 0. The van der Waals surface area contributed by atoms with Crippen LogP contribution in [0.15, 0.2) is 11.3 Å². The Morgan fingerprint density at radius 3 is 3.11 bits per heavy atom. The zero-order valence-corrected chi connectivity index (χ0v) is 9.93. The predicted octanol–water partition coefficient (Wildman–Crippen LogP) is 0.918. The lowest BCUT2D eigenvalue weighted by atomic mass is 9.58. The molecule has 0 spiro atoms. The van der Waals surface area contributed by atoms with Crippen molar-refractivity contribution in [2.45, 2.75) is 37.7 Å². The third-order valence-corrected chi connectivity index (χ3v) is 4.39. The van der Waals surface area contributed by atoms with Crippen LogP contribution in [0, 0.1) is 11.8 Å². The summed E-state index contributed by atoms with van der Waals surface area (Å²) in [6.07, 6.45) is 4.89. The summed E-state index contributed by atoms with van der Waals surface area (Å²) < 4.78 is 0. The Bertz CT molecular complexity index is 498. The molecule has 3 unspecified atom stereocenters. The molecule has 1 aromatic heterocycles. The van der Waals surface area contributed by atoms with E-state index in [9.17, 15) is 5.11 Å². The Balaban J connectivity index is 1.56. The molecule has 5 rings (SSSR count). The molecule has 0 aliphatic heterocycles. The standard InChI is InChI=1S/C11H15N6O/c18-11-3-6-1-7(4-11)9(8(2-6)5-11)12-13-10-14-16-17-15-10/h6-7,12,18H,1-5H2,(H-,13,14,15,16,17)/q-1. The Labute approximate surface area is 104 Å². The lowest BCUT2D eigenvalue weighted by Crippen LogP contribution is -2.49. The van der Waals surface area contributed by atoms with E-state index in [4.69, 9.17) is 0 Å². The summed E-state index contributed by atoms with van der Waals surface area (Å²) in [6.45, 7) is 0. The fraction of sp³-hybridized carbons (Fsp3) is 0.727. The molecule has 1 aromatic rings. The second-order valence-corrected chi connectivity index (χ2v) is 5.76. The molecule has 4 aliphatic carbocycles. The van der Waals surface area contributed by atoms with Gasteiger partial charge >= 0.3 is 0 Å². The van der Waals surface area contributed by atoms with Gasteiger partial charge in [0.2, 0.25) is 0 Å². The fourth-order valence-electron chi connectivity index (χ4n) is 3.96. The number of tetrazole rings is 1. The van der Waals surface area contributed by atoms with Crippen molar-refractivity contribution in [3.8, 4) is 0 Å². The normalized spacial score (nSPS) is 37.2. The molecular weight excluding hydrogens is 232 g/mol. The van der Waals surface area contributed by atoms with E-state index in [0.717, 1.165) is 32.1 Å². The molecule has 3 N–H and O–H groups in total. The zero-order chi connectivity index (χ0) is 12.2. The maximum atomic E-state index is 10.4. The fourth-order valence-corrected chi connectivity index (χ4v) is 3.96. The number of aliphatic hydroxyl groups is 1. The summed E-state index contributed by atoms with van der Waals surface area (Å²) >= 11 is 0. The van der Waals surface area contributed by atoms with Crippen molar-refractivity contribution in [3.63, 3.8) is 0 Å². The van der Waals surface area contributed by atoms with Gasteiger partial charge in [0, 0.05) is 11.6 Å². The molecule has 1 heterocycles. The van der Waals surface area contributed by atoms with Gasteiger partial charge in [0.05, 0.1) is 11.5 Å². The third kappa shape index (κ3) is 1.50. The topological polar surface area (TPSA) is 101 Å². The van der Waals surface area contributed by atoms with E-state index in [0.29, 0.717) is 17.8 Å². The SMILES string of the molecule is OC12CC3=C(N[N-]c4nn[nH]n4)C(CC(C3)C1)C2. The van der Waals surface area contributed by atoms with Gasteiger partial charge in [-0.2, -0.15) is 0 Å². The first-order chi connectivity index (χ1) is 8.72. The average molecular weight is 247 g/mol. The summed E-state index contributed by atoms with van der Waals surface area (Å²) in [5.74, 6) is 1.39. The number of aromatic amines is 1. The largest absolute Gasteiger partial charge is 0.390 e. The lowest BCUT2D eigenvalue weighted by molar-refractivity contribution is -0.0580. The van der Waals surface area contributed by atoms with Gasteiger partial charge < -0.3 is 10.5 Å². The molecule has 4 bridgehead atoms. The second-order valence-electron chi connectivity index (χ2n) is 5.76. The van der Waals surface area contributed by atoms with E-state index >= 15 is 0 Å². The Morgan fingerprint density at radius 2 is 2.39 bits per heavy atom. The molecule has 2 saturated carbocycles. The monoisotopic (exact) mass is 247 g/mol. The van der Waals surface area contributed by atoms with Crippen molar-refractivity contribution in [3.05, 3.63) is 16.7 Å². The van der Waals surface area contributed by atoms with Crippen LogP contribution in [-0.2, 0) is 0 Å². The highest BCUT2D eigenvalue weighted by Gasteiger charge is 2.49. The third-order valence-electron chi connectivity index (χ3n) is 4.39. The van der Waals surface area contributed by atoms with Crippen molar-refractivity contribution in [2.24, 2.45) is 11.8 Å². The van der Waals surface area contributed by atoms with Gasteiger partial charge in [-0.3, -0.25) is 20.8 Å². The number of nitrogens with one attached hydrogen (secondary N) is 2. The quantitative estimate of drug-likeness (QED) is 0.689. The van der Waals surface area contributed by atoms with Crippen LogP contribution in [0.1, 0.15) is 32.1 Å². The van der Waals surface area contributed by atoms with E-state index in [-0.39, 0.29) is 0 Å². The van der Waals surface area contributed by atoms with Crippen LogP contribution in [0.4, 0.5) is 5.95 Å². The second kappa shape index (κ2) is 3.44. The maximum Gasteiger partial charge on any atom is 0.0807 e. The summed E-state index contributed by atoms with van der Waals surface area (Å²) in [5.41, 5.74) is 9.29. The molecule has 0 aromatic carbocycles. The van der Waals surface area contributed by atoms with Gasteiger partial charge in [0.1, 0.15) is 0 Å². The summed E-state index contributed by atoms with van der Waals surface area (Å²) in [7, 11) is 0. The summed E-state index contributed by atoms with van der Waals surface area (Å²) in [5, 5.41) is 23.8. The Kier molecular flexibility index (Phi) is 1.97. The van der Waals surface area contributed by atoms with Crippen molar-refractivity contribution < 1.29 is 5.11 Å². The number of aromatic nitrogens is 4. The molecule has 0 saturated heterocycles. The van der Waals surface area contributed by atoms with E-state index in [2.05, 4.69) is 31.5 Å². The molecule has 2 fully saturated rings. The highest BCUT2D eigenvalue weighted by molar-refractivity contribution is 5.34. The van der Waals surface area contributed by atoms with Crippen molar-refractivity contribution in [1.82, 2.24) is 26.0 Å². The van der Waals surface area contributed by atoms with E-state index in [1.165, 1.54) is 11.3 Å². The Hall–Kier alpha value is -1.63. The first kappa shape index (κ1) is 10.3. The van der Waals surface area contributed by atoms with Crippen LogP contribution < -0.4 is 5.43 Å². The molecule has 0 amide bonds. The maximum absolute atomic E-state index is 10.4. The molecule has 4 aliphatic rings. The number of allylic oxidation sites excluding steroid dienone is 1. The van der Waals surface area contributed by atoms with Crippen molar-refractivity contribution >= 4 is 5.95 Å². The van der Waals surface area contributed by atoms with Gasteiger partial charge in [-0.05, 0) is 43.6 Å². The van der Waals surface area contributed by atoms with Gasteiger partial charge in [0.15, 0.2) is 0 Å². The van der Waals surface area contributed by atoms with Crippen molar-refractivity contribution in [1.29, 1.82) is 0 Å². The highest BCUT2D eigenvalue weighted by atomic mass is 16.3. The minimum atomic E-state index is -0.446. The van der Waals surface area contributed by atoms with Crippen LogP contribution in [0.5, 0.6) is 0 Å². The van der Waals surface area contributed by atoms with E-state index in [1.54, 1.807) is 0 Å². The lowest BCUT2D eigenvalue weighted by Gasteiger charge is -2.52. The number of nitrogens with zero attached hydrogens (tertiary/aromatic N) is 4. The minimum absolute atomic E-state index is 0.315. The highest BCUT2D eigenvalue weighted by Crippen LogP contribution is 2.54. The van der Waals surface area contributed by atoms with Crippen LogP contribution in [0.3, 0.4) is 0 Å². The number of hydrogen-bond acceptors (Lipinski definition) is 5. The summed E-state index contributed by atoms with van der Waals surface area (Å²) in [6, 6.07) is 0. The number of H-pyrrole nitrogens is 1. The van der Waals surface area contributed by atoms with Gasteiger partial charge in [-0.25, -0.2) is 0 Å². The molecule has 3 atom stereocenters. The minimum Gasteiger partial charge on any atom is -0.390 e. The van der Waals surface area contributed by atoms with Gasteiger partial charge in [-0.15, -0.1) is 5.21 Å². The number of hydrogen-bond donors (Lipinski definition) is 3. The van der Waals surface area contributed by atoms with Crippen LogP contribution in [0.2, 0.25) is 0 Å². The molecule has 0 radical (unpaired) electrons. The first-order valence-electron chi connectivity index (χ1n) is 6.36. The first-order valence-corrected chi connectivity index (χ1v) is 6.36. The van der Waals surface area contributed by atoms with Crippen LogP contribution >= 0.6 is 0 Å². The van der Waals surface area contributed by atoms with Crippen LogP contribution in [0.25, 0.3) is 5.43 Å². The molecule has 7 nitrogen and oxygen atoms in total. The van der Waals surface area contributed by atoms with Crippen molar-refractivity contribution in [2.75, 3.05) is 0 Å². The molecule has 96 valence electrons. The van der Waals surface area contributed by atoms with E-state index in [1.807, 2.05) is 0 Å². The molecule has 18 heavy (non-hydrogen) atoms. The van der Waals surface area contributed by atoms with Crippen LogP contribution in [-0.4, -0.2) is 31.3 Å². The molecular formula is C11H15N6O-. The molecule has 7 heteroatoms. The van der Waals surface area contributed by atoms with Gasteiger partial charge in [0.25, 0.3) is 0 Å². The van der Waals surface area contributed by atoms with E-state index < -0.39 is 5.60 Å². The van der Waals surface area contributed by atoms with Gasteiger partial charge in [-0.1, -0.05) is 0 Å². The number of rotatable bonds is 3.